The van der Waals surface area contributed by atoms with E-state index in [-0.39, 0.29) is 36.9 Å². The number of piperazine rings is 1. The van der Waals surface area contributed by atoms with Crippen molar-refractivity contribution in [3.63, 3.8) is 0 Å². The lowest BCUT2D eigenvalue weighted by atomic mass is 9.73. The summed E-state index contributed by atoms with van der Waals surface area (Å²) >= 11 is 1.40. The molecule has 0 saturated carbocycles. The molecule has 4 N–H and O–H groups in total. The van der Waals surface area contributed by atoms with Gasteiger partial charge in [0.15, 0.2) is 23.0 Å². The number of carbonyl (C=O) groups is 3. The maximum absolute atomic E-state index is 13.7. The van der Waals surface area contributed by atoms with E-state index in [0.29, 0.717) is 58.1 Å². The van der Waals surface area contributed by atoms with Gasteiger partial charge in [-0.15, -0.1) is 11.8 Å². The van der Waals surface area contributed by atoms with E-state index in [2.05, 4.69) is 15.5 Å². The SMILES string of the molecule is COc1c(C)cc2c(c1O)[C@@H]1[C@@H]3[C@@H]4SC[C@H](NC(=O)[C@@H]5CCCN5)C(=O)OC[C@@H](c5c6c(c(C)c(OC(C)=O)c54)OCO6)N3[C@@H](O)[C@H](C2)N1C. The summed E-state index contributed by atoms with van der Waals surface area (Å²) in [5.41, 5.74) is 4.26. The van der Waals surface area contributed by atoms with Crippen LogP contribution in [0.25, 0.3) is 0 Å². The highest BCUT2D eigenvalue weighted by Gasteiger charge is 2.60. The van der Waals surface area contributed by atoms with Gasteiger partial charge in [0.1, 0.15) is 24.6 Å². The molecule has 15 heteroatoms. The number of likely N-dealkylation sites (N-methyl/N-ethyl adjacent to an activating group) is 1. The van der Waals surface area contributed by atoms with Crippen molar-refractivity contribution in [2.45, 2.75) is 87.8 Å². The number of thioether (sulfide) groups is 1. The standard InChI is InChI=1S/C35H42N4O10S/c1-14-9-17-10-20-34(43)39-21-11-46-35(44)19(37-33(42)18-7-6-8-36-18)12-50-32(26(39)25(38(20)4)22(17)27(41)28(14)45-5)24-23(21)31-30(47-13-48-31)15(2)29(24)49-16(3)40/h9,18-21,25-26,32,34,36,41,43H,6-8,10-13H2,1-5H3,(H,37,42)/t18-,19-,20-,21-,25+,26+,32+,34-/m0/s1. The largest absolute Gasteiger partial charge is 0.504 e. The van der Waals surface area contributed by atoms with E-state index in [1.54, 1.807) is 0 Å². The molecule has 9 rings (SSSR count). The number of aryl methyl sites for hydroxylation is 1. The zero-order valence-electron chi connectivity index (χ0n) is 28.6. The summed E-state index contributed by atoms with van der Waals surface area (Å²) in [6.45, 7) is 5.51. The third-order valence-corrected chi connectivity index (χ3v) is 12.6. The van der Waals surface area contributed by atoms with E-state index in [0.717, 1.165) is 24.1 Å². The van der Waals surface area contributed by atoms with Gasteiger partial charge in [0.2, 0.25) is 12.7 Å². The summed E-state index contributed by atoms with van der Waals surface area (Å²) in [4.78, 5) is 43.8. The molecule has 0 spiro atoms. The van der Waals surface area contributed by atoms with Crippen molar-refractivity contribution in [2.75, 3.05) is 39.9 Å². The zero-order valence-corrected chi connectivity index (χ0v) is 29.4. The fourth-order valence-electron chi connectivity index (χ4n) is 9.06. The van der Waals surface area contributed by atoms with Gasteiger partial charge in [0.05, 0.1) is 36.5 Å². The minimum absolute atomic E-state index is 0.0371. The second kappa shape index (κ2) is 12.5. The summed E-state index contributed by atoms with van der Waals surface area (Å²) in [5.74, 6) is 0.369. The predicted molar refractivity (Wildman–Crippen MR) is 179 cm³/mol. The van der Waals surface area contributed by atoms with Crippen LogP contribution in [0.4, 0.5) is 0 Å². The number of hydrogen-bond acceptors (Lipinski definition) is 14. The van der Waals surface area contributed by atoms with E-state index in [1.165, 1.54) is 25.8 Å². The Bertz CT molecular complexity index is 1780. The predicted octanol–water partition coefficient (Wildman–Crippen LogP) is 1.89. The number of benzene rings is 2. The topological polar surface area (TPSA) is 168 Å². The molecule has 7 aliphatic rings. The summed E-state index contributed by atoms with van der Waals surface area (Å²) in [6.07, 6.45) is 0.965. The maximum atomic E-state index is 13.7. The van der Waals surface area contributed by atoms with Gasteiger partial charge in [0, 0.05) is 41.0 Å². The van der Waals surface area contributed by atoms with Crippen molar-refractivity contribution >= 4 is 29.6 Å². The quantitative estimate of drug-likeness (QED) is 0.268. The lowest BCUT2D eigenvalue weighted by Gasteiger charge is -2.62. The highest BCUT2D eigenvalue weighted by molar-refractivity contribution is 7.99. The average molecular weight is 711 g/mol. The number of fused-ring (bicyclic) bond motifs is 10. The molecule has 0 radical (unpaired) electrons. The van der Waals surface area contributed by atoms with Crippen LogP contribution in [0.2, 0.25) is 0 Å². The van der Waals surface area contributed by atoms with Crippen molar-refractivity contribution in [2.24, 2.45) is 0 Å². The molecular weight excluding hydrogens is 668 g/mol. The molecule has 1 amide bonds. The van der Waals surface area contributed by atoms with Crippen molar-refractivity contribution in [3.05, 3.63) is 39.4 Å². The van der Waals surface area contributed by atoms with Crippen molar-refractivity contribution in [3.8, 4) is 28.7 Å². The first-order valence-corrected chi connectivity index (χ1v) is 18.1. The molecule has 2 aromatic rings. The summed E-state index contributed by atoms with van der Waals surface area (Å²) in [7, 11) is 3.47. The van der Waals surface area contributed by atoms with Crippen molar-refractivity contribution in [1.29, 1.82) is 0 Å². The minimum Gasteiger partial charge on any atom is -0.504 e. The molecular formula is C35H42N4O10S. The molecule has 4 bridgehead atoms. The van der Waals surface area contributed by atoms with Crippen LogP contribution in [0.5, 0.6) is 28.7 Å². The molecule has 268 valence electrons. The van der Waals surface area contributed by atoms with Crippen molar-refractivity contribution in [1.82, 2.24) is 20.4 Å². The fraction of sp³-hybridized carbons (Fsp3) is 0.571. The van der Waals surface area contributed by atoms with Crippen LogP contribution in [0.3, 0.4) is 0 Å². The molecule has 50 heavy (non-hydrogen) atoms. The Morgan fingerprint density at radius 3 is 2.62 bits per heavy atom. The lowest BCUT2D eigenvalue weighted by molar-refractivity contribution is -0.184. The number of phenols is 1. The van der Waals surface area contributed by atoms with Gasteiger partial charge in [-0.25, -0.2) is 4.79 Å². The average Bonchev–Trinajstić information content (AvgIpc) is 3.80. The van der Waals surface area contributed by atoms with Crippen LogP contribution in [-0.4, -0.2) is 108 Å². The Morgan fingerprint density at radius 1 is 1.12 bits per heavy atom. The lowest BCUT2D eigenvalue weighted by Crippen LogP contribution is -2.69. The number of carbonyl (C=O) groups excluding carboxylic acids is 3. The number of esters is 2. The van der Waals surface area contributed by atoms with Gasteiger partial charge in [-0.2, -0.15) is 0 Å². The number of aromatic hydroxyl groups is 1. The first kappa shape index (κ1) is 33.4. The third kappa shape index (κ3) is 4.95. The second-order valence-corrected chi connectivity index (χ2v) is 15.1. The van der Waals surface area contributed by atoms with Crippen LogP contribution >= 0.6 is 11.8 Å². The van der Waals surface area contributed by atoms with E-state index in [9.17, 15) is 24.6 Å². The highest BCUT2D eigenvalue weighted by atomic mass is 32.2. The number of phenolic OH excluding ortho intramolecular Hbond substituents is 1. The molecule has 0 aromatic heterocycles. The molecule has 14 nitrogen and oxygen atoms in total. The zero-order chi connectivity index (χ0) is 35.2. The molecule has 3 saturated heterocycles. The molecule has 3 fully saturated rings. The summed E-state index contributed by atoms with van der Waals surface area (Å²) in [5, 5.41) is 29.8. The molecule has 8 atom stereocenters. The fourth-order valence-corrected chi connectivity index (χ4v) is 10.6. The van der Waals surface area contributed by atoms with Gasteiger partial charge in [-0.1, -0.05) is 6.07 Å². The minimum atomic E-state index is -1.03. The number of amides is 1. The molecule has 7 heterocycles. The van der Waals surface area contributed by atoms with Crippen LogP contribution < -0.4 is 29.6 Å². The maximum Gasteiger partial charge on any atom is 0.329 e. The smallest absolute Gasteiger partial charge is 0.329 e. The number of rotatable bonds is 4. The normalized spacial score (nSPS) is 31.3. The van der Waals surface area contributed by atoms with Crippen molar-refractivity contribution < 1.29 is 48.3 Å². The Kier molecular flexibility index (Phi) is 8.33. The Labute approximate surface area is 293 Å². The highest BCUT2D eigenvalue weighted by Crippen LogP contribution is 2.63. The number of ether oxygens (including phenoxy) is 5. The number of hydrogen-bond donors (Lipinski definition) is 4. The molecule has 0 aliphatic carbocycles. The molecule has 2 aromatic carbocycles. The Balaban J connectivity index is 1.34. The van der Waals surface area contributed by atoms with Gasteiger partial charge in [0.25, 0.3) is 0 Å². The number of nitrogens with one attached hydrogen (secondary N) is 2. The monoisotopic (exact) mass is 710 g/mol. The van der Waals surface area contributed by atoms with E-state index >= 15 is 0 Å². The number of aliphatic hydroxyl groups is 1. The Morgan fingerprint density at radius 2 is 1.90 bits per heavy atom. The van der Waals surface area contributed by atoms with Crippen LogP contribution in [0.15, 0.2) is 6.07 Å². The first-order chi connectivity index (χ1) is 24.0. The first-order valence-electron chi connectivity index (χ1n) is 17.0. The molecule has 0 unspecified atom stereocenters. The van der Waals surface area contributed by atoms with Gasteiger partial charge >= 0.3 is 11.9 Å². The van der Waals surface area contributed by atoms with E-state index in [4.69, 9.17) is 23.7 Å². The third-order valence-electron chi connectivity index (χ3n) is 11.2. The van der Waals surface area contributed by atoms with Gasteiger partial charge in [-0.3, -0.25) is 19.4 Å². The van der Waals surface area contributed by atoms with Crippen LogP contribution in [0, 0.1) is 13.8 Å². The van der Waals surface area contributed by atoms with Crippen LogP contribution in [-0.2, 0) is 25.5 Å². The van der Waals surface area contributed by atoms with Crippen LogP contribution in [0.1, 0.15) is 70.5 Å². The summed E-state index contributed by atoms with van der Waals surface area (Å²) < 4.78 is 29.8. The number of methoxy groups -OCH3 is 1. The number of aliphatic hydroxyl groups excluding tert-OH is 1. The number of nitrogens with zero attached hydrogens (tertiary/aromatic N) is 2. The molecule has 7 aliphatic heterocycles. The van der Waals surface area contributed by atoms with E-state index < -0.39 is 53.6 Å². The Hall–Kier alpha value is -3.76. The van der Waals surface area contributed by atoms with E-state index in [1.807, 2.05) is 31.9 Å². The van der Waals surface area contributed by atoms with Gasteiger partial charge in [-0.05, 0) is 57.8 Å². The van der Waals surface area contributed by atoms with Gasteiger partial charge < -0.3 is 44.5 Å². The summed E-state index contributed by atoms with van der Waals surface area (Å²) in [6, 6.07) is -1.52. The second-order valence-electron chi connectivity index (χ2n) is 13.9.